The molecule has 2 N–H and O–H groups in total. The average molecular weight is 487 g/mol. The van der Waals surface area contributed by atoms with E-state index < -0.39 is 14.9 Å². The van der Waals surface area contributed by atoms with Crippen LogP contribution in [0.4, 0.5) is 17.1 Å². The van der Waals surface area contributed by atoms with Crippen molar-refractivity contribution in [3.05, 3.63) is 59.0 Å². The van der Waals surface area contributed by atoms with E-state index in [-0.39, 0.29) is 41.2 Å². The maximum atomic E-state index is 13.0. The van der Waals surface area contributed by atoms with Gasteiger partial charge in [-0.05, 0) is 43.2 Å². The monoisotopic (exact) mass is 486 g/mol. The van der Waals surface area contributed by atoms with E-state index >= 15 is 0 Å². The summed E-state index contributed by atoms with van der Waals surface area (Å²) in [5.41, 5.74) is 1.13. The number of hydrogen-bond acceptors (Lipinski definition) is 9. The molecule has 1 aliphatic rings. The Kier molecular flexibility index (Phi) is 6.56. The lowest BCUT2D eigenvalue weighted by Crippen LogP contribution is -2.41. The van der Waals surface area contributed by atoms with E-state index in [1.807, 2.05) is 0 Å². The molecule has 0 bridgehead atoms. The van der Waals surface area contributed by atoms with E-state index in [0.717, 1.165) is 6.07 Å². The van der Waals surface area contributed by atoms with Crippen LogP contribution in [0.3, 0.4) is 0 Å². The largest absolute Gasteiger partial charge is 0.423 e. The average Bonchev–Trinajstić information content (AvgIpc) is 3.39. The van der Waals surface area contributed by atoms with Gasteiger partial charge in [-0.25, -0.2) is 8.42 Å². The van der Waals surface area contributed by atoms with Crippen LogP contribution in [0.25, 0.3) is 11.5 Å². The van der Waals surface area contributed by atoms with Gasteiger partial charge in [0.15, 0.2) is 0 Å². The van der Waals surface area contributed by atoms with Crippen molar-refractivity contribution in [2.75, 3.05) is 30.8 Å². The molecule has 1 saturated heterocycles. The number of rotatable bonds is 7. The second kappa shape index (κ2) is 9.57. The summed E-state index contributed by atoms with van der Waals surface area (Å²) in [6.45, 7) is 0.258. The minimum atomic E-state index is -3.94. The van der Waals surface area contributed by atoms with Crippen molar-refractivity contribution in [3.63, 3.8) is 0 Å². The number of nitrogens with zero attached hydrogens (tertiary/aromatic N) is 4. The summed E-state index contributed by atoms with van der Waals surface area (Å²) in [5.74, 6) is -0.258. The molecule has 0 radical (unpaired) electrons. The topological polar surface area (TPSA) is 161 Å². The van der Waals surface area contributed by atoms with Gasteiger partial charge in [0.2, 0.25) is 28.2 Å². The van der Waals surface area contributed by atoms with E-state index in [1.54, 1.807) is 24.3 Å². The number of nitro groups is 1. The predicted octanol–water partition coefficient (Wildman–Crippen LogP) is 2.73. The van der Waals surface area contributed by atoms with E-state index in [9.17, 15) is 23.3 Å². The first-order chi connectivity index (χ1) is 16.3. The van der Waals surface area contributed by atoms with Crippen molar-refractivity contribution < 1.29 is 22.6 Å². The van der Waals surface area contributed by atoms with Gasteiger partial charge in [0.05, 0.1) is 9.82 Å². The summed E-state index contributed by atoms with van der Waals surface area (Å²) in [5, 5.41) is 24.3. The lowest BCUT2D eigenvalue weighted by molar-refractivity contribution is -0.384. The fraction of sp³-hybridized carbons (Fsp3) is 0.286. The van der Waals surface area contributed by atoms with Crippen LogP contribution in [0, 0.1) is 16.0 Å². The number of carbonyl (C=O) groups is 1. The maximum absolute atomic E-state index is 13.0. The predicted molar refractivity (Wildman–Crippen MR) is 122 cm³/mol. The highest BCUT2D eigenvalue weighted by Crippen LogP contribution is 2.31. The molecule has 1 aliphatic heterocycles. The zero-order valence-electron chi connectivity index (χ0n) is 18.2. The highest BCUT2D eigenvalue weighted by atomic mass is 32.2. The molecule has 0 unspecified atom stereocenters. The first kappa shape index (κ1) is 23.3. The second-order valence-electron chi connectivity index (χ2n) is 7.68. The number of amides is 1. The summed E-state index contributed by atoms with van der Waals surface area (Å²) in [7, 11) is -2.41. The Morgan fingerprint density at radius 3 is 2.62 bits per heavy atom. The van der Waals surface area contributed by atoms with Crippen molar-refractivity contribution in [2.24, 2.45) is 5.92 Å². The van der Waals surface area contributed by atoms with Crippen molar-refractivity contribution in [1.29, 1.82) is 0 Å². The molecule has 0 saturated carbocycles. The number of benzene rings is 2. The number of sulfonamides is 1. The molecule has 1 amide bonds. The number of piperidine rings is 1. The maximum Gasteiger partial charge on any atom is 0.293 e. The van der Waals surface area contributed by atoms with Gasteiger partial charge in [0.25, 0.3) is 5.69 Å². The zero-order valence-corrected chi connectivity index (χ0v) is 19.0. The van der Waals surface area contributed by atoms with Crippen molar-refractivity contribution in [2.45, 2.75) is 17.7 Å². The van der Waals surface area contributed by atoms with Crippen LogP contribution in [0.1, 0.15) is 12.8 Å². The van der Waals surface area contributed by atoms with Crippen LogP contribution in [0.5, 0.6) is 0 Å². The smallest absolute Gasteiger partial charge is 0.293 e. The number of aromatic nitrogens is 2. The Morgan fingerprint density at radius 1 is 1.21 bits per heavy atom. The third-order valence-corrected chi connectivity index (χ3v) is 7.53. The van der Waals surface area contributed by atoms with Crippen LogP contribution >= 0.6 is 0 Å². The standard InChI is InChI=1S/C21H22N6O6S/c1-22-18-6-5-17(12-19(18)27(29)30)34(31,32)26-9-7-14(8-10-26)20(28)24-16-4-2-3-15(11-16)21-25-23-13-33-21/h2-6,11-14,22H,7-10H2,1H3,(H,24,28). The molecule has 1 aromatic heterocycles. The Balaban J connectivity index is 1.41. The highest BCUT2D eigenvalue weighted by Gasteiger charge is 2.33. The van der Waals surface area contributed by atoms with Gasteiger partial charge < -0.3 is 15.1 Å². The third-order valence-electron chi connectivity index (χ3n) is 5.63. The molecule has 0 atom stereocenters. The van der Waals surface area contributed by atoms with Crippen LogP contribution in [-0.4, -0.2) is 53.9 Å². The van der Waals surface area contributed by atoms with Crippen LogP contribution < -0.4 is 10.6 Å². The van der Waals surface area contributed by atoms with Gasteiger partial charge in [0, 0.05) is 43.4 Å². The molecule has 4 rings (SSSR count). The number of anilines is 2. The van der Waals surface area contributed by atoms with E-state index in [2.05, 4.69) is 20.8 Å². The van der Waals surface area contributed by atoms with Crippen molar-refractivity contribution in [1.82, 2.24) is 14.5 Å². The quantitative estimate of drug-likeness (QED) is 0.378. The van der Waals surface area contributed by atoms with Crippen molar-refractivity contribution in [3.8, 4) is 11.5 Å². The molecule has 3 aromatic rings. The summed E-state index contributed by atoms with van der Waals surface area (Å²) in [6.07, 6.45) is 1.87. The summed E-state index contributed by atoms with van der Waals surface area (Å²) >= 11 is 0. The lowest BCUT2D eigenvalue weighted by Gasteiger charge is -2.30. The number of carbonyl (C=O) groups excluding carboxylic acids is 1. The number of nitrogens with one attached hydrogen (secondary N) is 2. The molecule has 2 aromatic carbocycles. The molecule has 0 aliphatic carbocycles. The number of nitro benzene ring substituents is 1. The Bertz CT molecular complexity index is 1300. The Labute approximate surface area is 195 Å². The van der Waals surface area contributed by atoms with Gasteiger partial charge in [-0.2, -0.15) is 4.31 Å². The molecule has 34 heavy (non-hydrogen) atoms. The molecule has 2 heterocycles. The fourth-order valence-corrected chi connectivity index (χ4v) is 5.31. The van der Waals surface area contributed by atoms with Gasteiger partial charge in [0.1, 0.15) is 5.69 Å². The first-order valence-corrected chi connectivity index (χ1v) is 11.9. The van der Waals surface area contributed by atoms with Crippen LogP contribution in [0.15, 0.2) is 58.2 Å². The molecule has 1 fully saturated rings. The minimum absolute atomic E-state index is 0.129. The highest BCUT2D eigenvalue weighted by molar-refractivity contribution is 7.89. The fourth-order valence-electron chi connectivity index (χ4n) is 3.81. The van der Waals surface area contributed by atoms with Gasteiger partial charge in [-0.3, -0.25) is 14.9 Å². The molecular formula is C21H22N6O6S. The van der Waals surface area contributed by atoms with E-state index in [4.69, 9.17) is 4.42 Å². The van der Waals surface area contributed by atoms with Gasteiger partial charge in [-0.15, -0.1) is 10.2 Å². The Morgan fingerprint density at radius 2 is 1.97 bits per heavy atom. The molecule has 0 spiro atoms. The summed E-state index contributed by atoms with van der Waals surface area (Å²) in [4.78, 5) is 23.3. The van der Waals surface area contributed by atoms with Gasteiger partial charge >= 0.3 is 0 Å². The molecule has 13 heteroatoms. The first-order valence-electron chi connectivity index (χ1n) is 10.4. The second-order valence-corrected chi connectivity index (χ2v) is 9.62. The normalized spacial score (nSPS) is 15.1. The van der Waals surface area contributed by atoms with E-state index in [0.29, 0.717) is 30.0 Å². The third kappa shape index (κ3) is 4.75. The number of hydrogen-bond donors (Lipinski definition) is 2. The summed E-state index contributed by atoms with van der Waals surface area (Å²) < 4.78 is 32.5. The van der Waals surface area contributed by atoms with Gasteiger partial charge in [-0.1, -0.05) is 6.07 Å². The summed E-state index contributed by atoms with van der Waals surface area (Å²) in [6, 6.07) is 10.7. The lowest BCUT2D eigenvalue weighted by atomic mass is 9.97. The minimum Gasteiger partial charge on any atom is -0.423 e. The molecular weight excluding hydrogens is 464 g/mol. The van der Waals surface area contributed by atoms with Crippen LogP contribution in [0.2, 0.25) is 0 Å². The SMILES string of the molecule is CNc1ccc(S(=O)(=O)N2CCC(C(=O)Nc3cccc(-c4nnco4)c3)CC2)cc1[N+](=O)[O-]. The molecule has 12 nitrogen and oxygen atoms in total. The van der Waals surface area contributed by atoms with Crippen molar-refractivity contribution >= 4 is 33.0 Å². The van der Waals surface area contributed by atoms with Crippen LogP contribution in [-0.2, 0) is 14.8 Å². The molecule has 178 valence electrons. The van der Waals surface area contributed by atoms with E-state index in [1.165, 1.54) is 29.9 Å². The Hall–Kier alpha value is -3.84. The zero-order chi connectivity index (χ0) is 24.3.